The van der Waals surface area contributed by atoms with Gasteiger partial charge in [-0.1, -0.05) is 13.8 Å². The highest BCUT2D eigenvalue weighted by atomic mass is 16.1. The van der Waals surface area contributed by atoms with Gasteiger partial charge in [0.05, 0.1) is 5.69 Å². The van der Waals surface area contributed by atoms with Crippen molar-refractivity contribution in [1.29, 1.82) is 0 Å². The van der Waals surface area contributed by atoms with Crippen LogP contribution in [-0.2, 0) is 24.7 Å². The molecule has 0 spiro atoms. The third-order valence-electron chi connectivity index (χ3n) is 3.63. The lowest BCUT2D eigenvalue weighted by Crippen LogP contribution is -2.17. The van der Waals surface area contributed by atoms with Gasteiger partial charge in [0.2, 0.25) is 0 Å². The summed E-state index contributed by atoms with van der Waals surface area (Å²) in [5.41, 5.74) is 2.56. The Bertz CT molecular complexity index is 408. The second kappa shape index (κ2) is 4.04. The van der Waals surface area contributed by atoms with Gasteiger partial charge >= 0.3 is 0 Å². The molecule has 1 fully saturated rings. The average molecular weight is 220 g/mol. The number of rotatable bonds is 3. The van der Waals surface area contributed by atoms with E-state index in [9.17, 15) is 4.79 Å². The monoisotopic (exact) mass is 220 g/mol. The minimum absolute atomic E-state index is 0.163. The molecular formula is C13H20N2O. The van der Waals surface area contributed by atoms with Gasteiger partial charge in [-0.3, -0.25) is 9.48 Å². The van der Waals surface area contributed by atoms with Crippen molar-refractivity contribution in [3.05, 3.63) is 17.5 Å². The fourth-order valence-electron chi connectivity index (χ4n) is 2.59. The average Bonchev–Trinajstić information content (AvgIpc) is 2.72. The van der Waals surface area contributed by atoms with E-state index in [1.165, 1.54) is 5.69 Å². The summed E-state index contributed by atoms with van der Waals surface area (Å²) >= 11 is 0. The Morgan fingerprint density at radius 2 is 2.31 bits per heavy atom. The predicted molar refractivity (Wildman–Crippen MR) is 63.3 cm³/mol. The van der Waals surface area contributed by atoms with Gasteiger partial charge in [0.1, 0.15) is 5.78 Å². The summed E-state index contributed by atoms with van der Waals surface area (Å²) in [6.45, 7) is 4.34. The van der Waals surface area contributed by atoms with Crippen molar-refractivity contribution < 1.29 is 4.79 Å². The topological polar surface area (TPSA) is 34.9 Å². The molecule has 1 aliphatic rings. The number of Topliss-reactive ketones (excluding diaryl/α,β-unsaturated/α-hetero) is 1. The van der Waals surface area contributed by atoms with Crippen molar-refractivity contribution in [2.45, 2.75) is 46.0 Å². The van der Waals surface area contributed by atoms with Gasteiger partial charge in [0.25, 0.3) is 0 Å². The molecule has 0 bridgehead atoms. The van der Waals surface area contributed by atoms with Gasteiger partial charge in [-0.15, -0.1) is 0 Å². The van der Waals surface area contributed by atoms with Crippen LogP contribution in [0.15, 0.2) is 6.07 Å². The molecule has 0 aromatic carbocycles. The molecule has 88 valence electrons. The van der Waals surface area contributed by atoms with Gasteiger partial charge in [-0.2, -0.15) is 5.10 Å². The number of nitrogens with zero attached hydrogens (tertiary/aromatic N) is 2. The minimum Gasteiger partial charge on any atom is -0.300 e. The van der Waals surface area contributed by atoms with E-state index in [1.54, 1.807) is 0 Å². The normalized spacial score (nSPS) is 25.3. The fraction of sp³-hybridized carbons (Fsp3) is 0.692. The molecule has 0 aliphatic heterocycles. The maximum absolute atomic E-state index is 11.4. The van der Waals surface area contributed by atoms with E-state index in [1.807, 2.05) is 11.7 Å². The van der Waals surface area contributed by atoms with Crippen molar-refractivity contribution in [3.8, 4) is 0 Å². The van der Waals surface area contributed by atoms with Crippen LogP contribution in [0.1, 0.15) is 44.5 Å². The lowest BCUT2D eigenvalue weighted by molar-refractivity contribution is -0.117. The smallest absolute Gasteiger partial charge is 0.133 e. The summed E-state index contributed by atoms with van der Waals surface area (Å²) in [6, 6.07) is 2.17. The minimum atomic E-state index is 0.163. The molecule has 0 radical (unpaired) electrons. The van der Waals surface area contributed by atoms with Crippen LogP contribution in [0.3, 0.4) is 0 Å². The highest BCUT2D eigenvalue weighted by Gasteiger charge is 2.34. The summed E-state index contributed by atoms with van der Waals surface area (Å²) in [4.78, 5) is 11.4. The number of aryl methyl sites for hydroxylation is 2. The molecule has 1 aliphatic carbocycles. The van der Waals surface area contributed by atoms with Crippen molar-refractivity contribution in [2.75, 3.05) is 0 Å². The summed E-state index contributed by atoms with van der Waals surface area (Å²) in [6.07, 6.45) is 4.47. The molecule has 0 saturated heterocycles. The molecular weight excluding hydrogens is 200 g/mol. The van der Waals surface area contributed by atoms with E-state index < -0.39 is 0 Å². The number of carbonyl (C=O) groups excluding carboxylic acids is 1. The molecule has 16 heavy (non-hydrogen) atoms. The zero-order valence-corrected chi connectivity index (χ0v) is 10.4. The second-order valence-electron chi connectivity index (χ2n) is 5.31. The lowest BCUT2D eigenvalue weighted by atomic mass is 9.84. The van der Waals surface area contributed by atoms with E-state index in [0.717, 1.165) is 37.8 Å². The van der Waals surface area contributed by atoms with E-state index in [4.69, 9.17) is 0 Å². The molecule has 2 rings (SSSR count). The van der Waals surface area contributed by atoms with E-state index in [-0.39, 0.29) is 5.41 Å². The summed E-state index contributed by atoms with van der Waals surface area (Å²) in [5, 5.41) is 4.45. The van der Waals surface area contributed by atoms with Crippen molar-refractivity contribution >= 4 is 5.78 Å². The maximum Gasteiger partial charge on any atom is 0.133 e. The summed E-state index contributed by atoms with van der Waals surface area (Å²) < 4.78 is 1.97. The Balaban J connectivity index is 2.14. The maximum atomic E-state index is 11.4. The van der Waals surface area contributed by atoms with Crippen LogP contribution < -0.4 is 0 Å². The first-order valence-corrected chi connectivity index (χ1v) is 6.06. The highest BCUT2D eigenvalue weighted by molar-refractivity contribution is 5.81. The SMILES string of the molecule is CCc1cc(CC2(C)CCC(=O)C2)n(C)n1. The first-order valence-electron chi connectivity index (χ1n) is 6.06. The van der Waals surface area contributed by atoms with E-state index >= 15 is 0 Å². The Hall–Kier alpha value is -1.12. The first kappa shape index (κ1) is 11.4. The summed E-state index contributed by atoms with van der Waals surface area (Å²) in [7, 11) is 1.99. The number of hydrogen-bond donors (Lipinski definition) is 0. The molecule has 1 aromatic heterocycles. The van der Waals surface area contributed by atoms with Crippen molar-refractivity contribution in [2.24, 2.45) is 12.5 Å². The van der Waals surface area contributed by atoms with Crippen LogP contribution in [0.5, 0.6) is 0 Å². The molecule has 1 aromatic rings. The number of ketones is 1. The van der Waals surface area contributed by atoms with Gasteiger partial charge in [-0.05, 0) is 30.7 Å². The standard InChI is InChI=1S/C13H20N2O/c1-4-10-7-11(15(3)14-10)8-13(2)6-5-12(16)9-13/h7H,4-6,8-9H2,1-3H3. The van der Waals surface area contributed by atoms with Crippen LogP contribution in [0, 0.1) is 5.41 Å². The molecule has 1 saturated carbocycles. The van der Waals surface area contributed by atoms with Crippen LogP contribution in [0.4, 0.5) is 0 Å². The van der Waals surface area contributed by atoms with Gasteiger partial charge in [0, 0.05) is 25.6 Å². The Morgan fingerprint density at radius 1 is 1.56 bits per heavy atom. The van der Waals surface area contributed by atoms with E-state index in [0.29, 0.717) is 5.78 Å². The largest absolute Gasteiger partial charge is 0.300 e. The number of aromatic nitrogens is 2. The lowest BCUT2D eigenvalue weighted by Gasteiger charge is -2.22. The third-order valence-corrected chi connectivity index (χ3v) is 3.63. The molecule has 1 heterocycles. The zero-order chi connectivity index (χ0) is 11.8. The highest BCUT2D eigenvalue weighted by Crippen LogP contribution is 2.38. The van der Waals surface area contributed by atoms with Crippen LogP contribution in [0.25, 0.3) is 0 Å². The second-order valence-corrected chi connectivity index (χ2v) is 5.31. The molecule has 1 unspecified atom stereocenters. The van der Waals surface area contributed by atoms with Crippen LogP contribution in [-0.4, -0.2) is 15.6 Å². The quantitative estimate of drug-likeness (QED) is 0.783. The fourth-order valence-corrected chi connectivity index (χ4v) is 2.59. The van der Waals surface area contributed by atoms with Crippen LogP contribution >= 0.6 is 0 Å². The molecule has 0 amide bonds. The molecule has 3 nitrogen and oxygen atoms in total. The van der Waals surface area contributed by atoms with Crippen LogP contribution in [0.2, 0.25) is 0 Å². The van der Waals surface area contributed by atoms with Gasteiger partial charge in [0.15, 0.2) is 0 Å². The Morgan fingerprint density at radius 3 is 2.81 bits per heavy atom. The Kier molecular flexibility index (Phi) is 2.87. The predicted octanol–water partition coefficient (Wildman–Crippen LogP) is 2.28. The summed E-state index contributed by atoms with van der Waals surface area (Å²) in [5.74, 6) is 0.417. The first-order chi connectivity index (χ1) is 7.52. The molecule has 3 heteroatoms. The Labute approximate surface area is 96.8 Å². The van der Waals surface area contributed by atoms with E-state index in [2.05, 4.69) is 25.0 Å². The third kappa shape index (κ3) is 2.18. The van der Waals surface area contributed by atoms with Crippen molar-refractivity contribution in [1.82, 2.24) is 9.78 Å². The number of hydrogen-bond acceptors (Lipinski definition) is 2. The van der Waals surface area contributed by atoms with Gasteiger partial charge in [-0.25, -0.2) is 0 Å². The van der Waals surface area contributed by atoms with Crippen molar-refractivity contribution in [3.63, 3.8) is 0 Å². The molecule has 0 N–H and O–H groups in total. The number of carbonyl (C=O) groups is 1. The van der Waals surface area contributed by atoms with Gasteiger partial charge < -0.3 is 0 Å². The molecule has 1 atom stereocenters. The zero-order valence-electron chi connectivity index (χ0n) is 10.4.